The zero-order valence-electron chi connectivity index (χ0n) is 14.7. The number of aromatic nitrogens is 1. The van der Waals surface area contributed by atoms with Crippen molar-refractivity contribution in [2.24, 2.45) is 0 Å². The Morgan fingerprint density at radius 3 is 2.41 bits per heavy atom. The predicted molar refractivity (Wildman–Crippen MR) is 100 cm³/mol. The van der Waals surface area contributed by atoms with Gasteiger partial charge in [-0.3, -0.25) is 4.79 Å². The van der Waals surface area contributed by atoms with Gasteiger partial charge in [-0.25, -0.2) is 9.37 Å². The van der Waals surface area contributed by atoms with Crippen molar-refractivity contribution in [3.63, 3.8) is 0 Å². The van der Waals surface area contributed by atoms with Crippen LogP contribution >= 0.6 is 11.3 Å². The molecule has 0 bridgehead atoms. The van der Waals surface area contributed by atoms with Gasteiger partial charge in [-0.1, -0.05) is 6.07 Å². The van der Waals surface area contributed by atoms with Crippen LogP contribution in [0.1, 0.15) is 15.5 Å². The van der Waals surface area contributed by atoms with E-state index in [2.05, 4.69) is 10.3 Å². The third-order valence-electron chi connectivity index (χ3n) is 3.61. The summed E-state index contributed by atoms with van der Waals surface area (Å²) in [6.45, 7) is 0.158. The van der Waals surface area contributed by atoms with Gasteiger partial charge in [0.25, 0.3) is 5.91 Å². The molecule has 1 heterocycles. The van der Waals surface area contributed by atoms with Crippen LogP contribution in [0, 0.1) is 5.82 Å². The summed E-state index contributed by atoms with van der Waals surface area (Å²) in [7, 11) is 3.09. The van der Waals surface area contributed by atoms with Crippen molar-refractivity contribution in [1.82, 2.24) is 4.98 Å². The molecule has 0 aliphatic carbocycles. The molecule has 0 saturated carbocycles. The number of anilines is 1. The molecular formula is C19H17FN2O4S. The van der Waals surface area contributed by atoms with E-state index in [1.54, 1.807) is 37.8 Å². The number of methoxy groups -OCH3 is 2. The lowest BCUT2D eigenvalue weighted by Gasteiger charge is -2.13. The molecule has 27 heavy (non-hydrogen) atoms. The zero-order chi connectivity index (χ0) is 19.2. The highest BCUT2D eigenvalue weighted by Crippen LogP contribution is 2.37. The number of nitrogens with one attached hydrogen (secondary N) is 1. The lowest BCUT2D eigenvalue weighted by atomic mass is 10.3. The van der Waals surface area contributed by atoms with Crippen molar-refractivity contribution in [2.45, 2.75) is 6.61 Å². The Balaban J connectivity index is 1.66. The molecule has 1 N–H and O–H groups in total. The topological polar surface area (TPSA) is 69.7 Å². The molecule has 0 fully saturated rings. The maximum Gasteiger partial charge on any atom is 0.275 e. The lowest BCUT2D eigenvalue weighted by molar-refractivity contribution is 0.102. The molecule has 1 aromatic heterocycles. The van der Waals surface area contributed by atoms with E-state index in [0.717, 1.165) is 0 Å². The fourth-order valence-corrected chi connectivity index (χ4v) is 2.99. The summed E-state index contributed by atoms with van der Waals surface area (Å²) < 4.78 is 29.3. The molecule has 2 aromatic carbocycles. The number of hydrogen-bond donors (Lipinski definition) is 1. The molecule has 0 atom stereocenters. The van der Waals surface area contributed by atoms with Crippen molar-refractivity contribution in [1.29, 1.82) is 0 Å². The van der Waals surface area contributed by atoms with Gasteiger partial charge in [0.15, 0.2) is 11.5 Å². The second-order valence-corrected chi connectivity index (χ2v) is 6.31. The van der Waals surface area contributed by atoms with Gasteiger partial charge in [0.1, 0.15) is 23.1 Å². The van der Waals surface area contributed by atoms with Gasteiger partial charge in [0.2, 0.25) is 5.75 Å². The number of hydrogen-bond acceptors (Lipinski definition) is 6. The molecule has 0 unspecified atom stereocenters. The maximum atomic E-state index is 12.9. The molecular weight excluding hydrogens is 371 g/mol. The van der Waals surface area contributed by atoms with Crippen LogP contribution in [0.2, 0.25) is 0 Å². The summed E-state index contributed by atoms with van der Waals surface area (Å²) >= 11 is 1.30. The van der Waals surface area contributed by atoms with E-state index in [1.807, 2.05) is 0 Å². The first-order valence-electron chi connectivity index (χ1n) is 7.96. The van der Waals surface area contributed by atoms with Crippen LogP contribution in [0.15, 0.2) is 47.8 Å². The third kappa shape index (κ3) is 4.53. The average molecular weight is 388 g/mol. The van der Waals surface area contributed by atoms with Gasteiger partial charge in [-0.15, -0.1) is 11.3 Å². The first-order valence-corrected chi connectivity index (χ1v) is 8.83. The Bertz CT molecular complexity index is 905. The van der Waals surface area contributed by atoms with Crippen molar-refractivity contribution < 1.29 is 23.4 Å². The molecule has 1 amide bonds. The molecule has 8 heteroatoms. The van der Waals surface area contributed by atoms with Crippen LogP contribution < -0.4 is 19.5 Å². The van der Waals surface area contributed by atoms with E-state index in [4.69, 9.17) is 14.2 Å². The van der Waals surface area contributed by atoms with Gasteiger partial charge in [-0.05, 0) is 36.4 Å². The fraction of sp³-hybridized carbons (Fsp3) is 0.158. The summed E-state index contributed by atoms with van der Waals surface area (Å²) in [5.74, 6) is 0.808. The lowest BCUT2D eigenvalue weighted by Crippen LogP contribution is -2.12. The molecule has 0 radical (unpaired) electrons. The SMILES string of the molecule is COc1cccc(OC)c1OCc1nc(C(=O)Nc2ccc(F)cc2)cs1. The van der Waals surface area contributed by atoms with E-state index in [0.29, 0.717) is 27.9 Å². The Morgan fingerprint density at radius 1 is 1.11 bits per heavy atom. The number of ether oxygens (including phenoxy) is 3. The number of rotatable bonds is 7. The van der Waals surface area contributed by atoms with E-state index < -0.39 is 0 Å². The van der Waals surface area contributed by atoms with Crippen LogP contribution in [0.3, 0.4) is 0 Å². The van der Waals surface area contributed by atoms with Crippen molar-refractivity contribution >= 4 is 22.9 Å². The Hall–Kier alpha value is -3.13. The van der Waals surface area contributed by atoms with Gasteiger partial charge in [0, 0.05) is 11.1 Å². The fourth-order valence-electron chi connectivity index (χ4n) is 2.30. The smallest absolute Gasteiger partial charge is 0.275 e. The number of para-hydroxylation sites is 1. The quantitative estimate of drug-likeness (QED) is 0.659. The van der Waals surface area contributed by atoms with Gasteiger partial charge >= 0.3 is 0 Å². The largest absolute Gasteiger partial charge is 0.493 e. The minimum Gasteiger partial charge on any atom is -0.493 e. The van der Waals surface area contributed by atoms with E-state index in [9.17, 15) is 9.18 Å². The van der Waals surface area contributed by atoms with Crippen LogP contribution in [-0.4, -0.2) is 25.1 Å². The maximum absolute atomic E-state index is 12.9. The second-order valence-electron chi connectivity index (χ2n) is 5.37. The molecule has 0 aliphatic rings. The standard InChI is InChI=1S/C19H17FN2O4S/c1-24-15-4-3-5-16(25-2)18(15)26-10-17-22-14(11-27-17)19(23)21-13-8-6-12(20)7-9-13/h3-9,11H,10H2,1-2H3,(H,21,23). The summed E-state index contributed by atoms with van der Waals surface area (Å²) in [6, 6.07) is 10.8. The highest BCUT2D eigenvalue weighted by molar-refractivity contribution is 7.09. The molecule has 3 rings (SSSR count). The molecule has 0 saturated heterocycles. The Labute approximate surface area is 159 Å². The van der Waals surface area contributed by atoms with Crippen LogP contribution in [0.4, 0.5) is 10.1 Å². The second kappa shape index (κ2) is 8.50. The number of carbonyl (C=O) groups is 1. The highest BCUT2D eigenvalue weighted by atomic mass is 32.1. The van der Waals surface area contributed by atoms with Crippen LogP contribution in [0.25, 0.3) is 0 Å². The van der Waals surface area contributed by atoms with Crippen LogP contribution in [-0.2, 0) is 6.61 Å². The minimum atomic E-state index is -0.376. The molecule has 0 aliphatic heterocycles. The Kier molecular flexibility index (Phi) is 5.87. The molecule has 0 spiro atoms. The van der Waals surface area contributed by atoms with Crippen molar-refractivity contribution in [3.8, 4) is 17.2 Å². The minimum absolute atomic E-state index is 0.158. The number of carbonyl (C=O) groups excluding carboxylic acids is 1. The number of nitrogens with zero attached hydrogens (tertiary/aromatic N) is 1. The van der Waals surface area contributed by atoms with Gasteiger partial charge in [0.05, 0.1) is 14.2 Å². The monoisotopic (exact) mass is 388 g/mol. The van der Waals surface area contributed by atoms with Gasteiger partial charge < -0.3 is 19.5 Å². The summed E-state index contributed by atoms with van der Waals surface area (Å²) in [5.41, 5.74) is 0.751. The number of halogens is 1. The summed E-state index contributed by atoms with van der Waals surface area (Å²) in [5, 5.41) is 4.92. The third-order valence-corrected chi connectivity index (χ3v) is 4.43. The molecule has 6 nitrogen and oxygen atoms in total. The normalized spacial score (nSPS) is 10.3. The summed E-state index contributed by atoms with van der Waals surface area (Å²) in [4.78, 5) is 16.5. The predicted octanol–water partition coefficient (Wildman–Crippen LogP) is 4.13. The molecule has 3 aromatic rings. The van der Waals surface area contributed by atoms with E-state index in [-0.39, 0.29) is 24.0 Å². The van der Waals surface area contributed by atoms with Crippen molar-refractivity contribution in [3.05, 3.63) is 64.4 Å². The summed E-state index contributed by atoms with van der Waals surface area (Å²) in [6.07, 6.45) is 0. The number of benzene rings is 2. The average Bonchev–Trinajstić information content (AvgIpc) is 3.17. The Morgan fingerprint density at radius 2 is 1.78 bits per heavy atom. The zero-order valence-corrected chi connectivity index (χ0v) is 15.5. The molecule has 140 valence electrons. The van der Waals surface area contributed by atoms with E-state index in [1.165, 1.54) is 35.6 Å². The first kappa shape index (κ1) is 18.7. The highest BCUT2D eigenvalue weighted by Gasteiger charge is 2.15. The number of amides is 1. The van der Waals surface area contributed by atoms with Crippen molar-refractivity contribution in [2.75, 3.05) is 19.5 Å². The first-order chi connectivity index (χ1) is 13.1. The van der Waals surface area contributed by atoms with E-state index >= 15 is 0 Å². The van der Waals surface area contributed by atoms with Crippen LogP contribution in [0.5, 0.6) is 17.2 Å². The van der Waals surface area contributed by atoms with Gasteiger partial charge in [-0.2, -0.15) is 0 Å². The number of thiazole rings is 1.